The average Bonchev–Trinajstić information content (AvgIpc) is 2.75. The van der Waals surface area contributed by atoms with E-state index in [1.807, 2.05) is 6.92 Å². The van der Waals surface area contributed by atoms with Gasteiger partial charge in [-0.1, -0.05) is 0 Å². The van der Waals surface area contributed by atoms with E-state index in [-0.39, 0.29) is 11.9 Å². The minimum absolute atomic E-state index is 0.0897. The van der Waals surface area contributed by atoms with Gasteiger partial charge in [-0.25, -0.2) is 9.37 Å². The van der Waals surface area contributed by atoms with Crippen LogP contribution in [0.3, 0.4) is 0 Å². The van der Waals surface area contributed by atoms with Gasteiger partial charge in [-0.05, 0) is 25.1 Å². The van der Waals surface area contributed by atoms with Crippen molar-refractivity contribution in [1.82, 2.24) is 9.97 Å². The van der Waals surface area contributed by atoms with Crippen LogP contribution < -0.4 is 11.1 Å². The number of aromatic amines is 1. The third-order valence-corrected chi connectivity index (χ3v) is 2.29. The van der Waals surface area contributed by atoms with Crippen molar-refractivity contribution in [1.29, 1.82) is 0 Å². The molecule has 16 heavy (non-hydrogen) atoms. The van der Waals surface area contributed by atoms with E-state index in [0.29, 0.717) is 11.4 Å². The molecular formula is C11H13FN4. The fourth-order valence-corrected chi connectivity index (χ4v) is 1.46. The molecule has 1 aromatic heterocycles. The van der Waals surface area contributed by atoms with Crippen molar-refractivity contribution in [3.63, 3.8) is 0 Å². The lowest BCUT2D eigenvalue weighted by atomic mass is 10.2. The highest BCUT2D eigenvalue weighted by atomic mass is 19.1. The van der Waals surface area contributed by atoms with Crippen molar-refractivity contribution < 1.29 is 4.39 Å². The molecule has 0 aliphatic rings. The Morgan fingerprint density at radius 2 is 2.31 bits per heavy atom. The molecule has 1 atom stereocenters. The van der Waals surface area contributed by atoms with E-state index in [1.54, 1.807) is 24.5 Å². The maximum absolute atomic E-state index is 13.5. The first kappa shape index (κ1) is 10.5. The summed E-state index contributed by atoms with van der Waals surface area (Å²) in [6.45, 7) is 1.90. The number of halogens is 1. The quantitative estimate of drug-likeness (QED) is 0.695. The first-order chi connectivity index (χ1) is 7.66. The fourth-order valence-electron chi connectivity index (χ4n) is 1.46. The van der Waals surface area contributed by atoms with E-state index >= 15 is 0 Å². The van der Waals surface area contributed by atoms with Crippen LogP contribution in [0.1, 0.15) is 18.8 Å². The minimum Gasteiger partial charge on any atom is -0.399 e. The molecule has 2 aromatic rings. The second kappa shape index (κ2) is 4.22. The van der Waals surface area contributed by atoms with Gasteiger partial charge in [0.25, 0.3) is 0 Å². The Morgan fingerprint density at radius 3 is 2.94 bits per heavy atom. The number of aromatic nitrogens is 2. The smallest absolute Gasteiger partial charge is 0.148 e. The number of rotatable bonds is 3. The Morgan fingerprint density at radius 1 is 1.50 bits per heavy atom. The van der Waals surface area contributed by atoms with Gasteiger partial charge in [0.15, 0.2) is 0 Å². The minimum atomic E-state index is -0.363. The molecule has 0 fully saturated rings. The Balaban J connectivity index is 2.15. The Hall–Kier alpha value is -2.04. The number of H-pyrrole nitrogens is 1. The summed E-state index contributed by atoms with van der Waals surface area (Å²) in [4.78, 5) is 7.06. The van der Waals surface area contributed by atoms with Gasteiger partial charge in [-0.15, -0.1) is 0 Å². The second-order valence-electron chi connectivity index (χ2n) is 3.58. The predicted octanol–water partition coefficient (Wildman–Crippen LogP) is 2.30. The lowest BCUT2D eigenvalue weighted by molar-refractivity contribution is 0.627. The van der Waals surface area contributed by atoms with Crippen LogP contribution in [0.2, 0.25) is 0 Å². The number of nitrogens with one attached hydrogen (secondary N) is 2. The highest BCUT2D eigenvalue weighted by Gasteiger charge is 2.10. The third-order valence-electron chi connectivity index (χ3n) is 2.29. The van der Waals surface area contributed by atoms with Gasteiger partial charge in [0.1, 0.15) is 11.6 Å². The molecule has 0 aliphatic heterocycles. The molecule has 1 heterocycles. The summed E-state index contributed by atoms with van der Waals surface area (Å²) in [6, 6.07) is 4.47. The van der Waals surface area contributed by atoms with Crippen LogP contribution in [0, 0.1) is 5.82 Å². The number of anilines is 2. The first-order valence-corrected chi connectivity index (χ1v) is 4.97. The molecule has 1 unspecified atom stereocenters. The number of benzene rings is 1. The molecule has 0 radical (unpaired) electrons. The van der Waals surface area contributed by atoms with E-state index < -0.39 is 0 Å². The summed E-state index contributed by atoms with van der Waals surface area (Å²) >= 11 is 0. The van der Waals surface area contributed by atoms with Crippen LogP contribution in [0.4, 0.5) is 15.8 Å². The molecular weight excluding hydrogens is 207 g/mol. The van der Waals surface area contributed by atoms with Crippen LogP contribution in [0.25, 0.3) is 0 Å². The lowest BCUT2D eigenvalue weighted by Crippen LogP contribution is -2.09. The molecule has 0 aliphatic carbocycles. The summed E-state index contributed by atoms with van der Waals surface area (Å²) in [5, 5.41) is 3.02. The molecule has 0 spiro atoms. The van der Waals surface area contributed by atoms with Gasteiger partial charge >= 0.3 is 0 Å². The van der Waals surface area contributed by atoms with Crippen LogP contribution in [-0.2, 0) is 0 Å². The summed E-state index contributed by atoms with van der Waals surface area (Å²) in [5.41, 5.74) is 6.29. The molecule has 4 N–H and O–H groups in total. The number of imidazole rings is 1. The first-order valence-electron chi connectivity index (χ1n) is 4.97. The molecule has 2 rings (SSSR count). The van der Waals surface area contributed by atoms with Crippen LogP contribution in [-0.4, -0.2) is 9.97 Å². The average molecular weight is 220 g/mol. The number of nitrogen functional groups attached to an aromatic ring is 1. The topological polar surface area (TPSA) is 66.7 Å². The standard InChI is InChI=1S/C11H13FN4/c1-7(11-14-4-5-15-11)16-10-3-2-8(13)6-9(10)12/h2-7,16H,13H2,1H3,(H,14,15). The van der Waals surface area contributed by atoms with E-state index in [9.17, 15) is 4.39 Å². The maximum atomic E-state index is 13.5. The largest absolute Gasteiger partial charge is 0.399 e. The Kier molecular flexibility index (Phi) is 2.76. The zero-order valence-electron chi connectivity index (χ0n) is 8.87. The van der Waals surface area contributed by atoms with Crippen molar-refractivity contribution >= 4 is 11.4 Å². The second-order valence-corrected chi connectivity index (χ2v) is 3.58. The molecule has 0 saturated heterocycles. The molecule has 84 valence electrons. The molecule has 4 nitrogen and oxygen atoms in total. The van der Waals surface area contributed by atoms with Crippen molar-refractivity contribution in [2.24, 2.45) is 0 Å². The van der Waals surface area contributed by atoms with Crippen LogP contribution >= 0.6 is 0 Å². The number of hydrogen-bond donors (Lipinski definition) is 3. The van der Waals surface area contributed by atoms with E-state index in [2.05, 4.69) is 15.3 Å². The molecule has 0 bridgehead atoms. The Labute approximate surface area is 92.7 Å². The van der Waals surface area contributed by atoms with Gasteiger partial charge in [0, 0.05) is 18.1 Å². The van der Waals surface area contributed by atoms with Gasteiger partial charge < -0.3 is 16.0 Å². The number of hydrogen-bond acceptors (Lipinski definition) is 3. The highest BCUT2D eigenvalue weighted by Crippen LogP contribution is 2.21. The van der Waals surface area contributed by atoms with Crippen molar-refractivity contribution in [3.05, 3.63) is 42.2 Å². The molecule has 0 saturated carbocycles. The van der Waals surface area contributed by atoms with Crippen molar-refractivity contribution in [3.8, 4) is 0 Å². The lowest BCUT2D eigenvalue weighted by Gasteiger charge is -2.13. The fraction of sp³-hybridized carbons (Fsp3) is 0.182. The predicted molar refractivity (Wildman–Crippen MR) is 61.4 cm³/mol. The maximum Gasteiger partial charge on any atom is 0.148 e. The summed E-state index contributed by atoms with van der Waals surface area (Å²) in [6.07, 6.45) is 3.39. The zero-order valence-corrected chi connectivity index (χ0v) is 8.87. The highest BCUT2D eigenvalue weighted by molar-refractivity contribution is 5.53. The van der Waals surface area contributed by atoms with E-state index in [1.165, 1.54) is 6.07 Å². The molecule has 0 amide bonds. The van der Waals surface area contributed by atoms with Gasteiger partial charge in [-0.2, -0.15) is 0 Å². The van der Waals surface area contributed by atoms with Crippen molar-refractivity contribution in [2.75, 3.05) is 11.1 Å². The molecule has 1 aromatic carbocycles. The summed E-state index contributed by atoms with van der Waals surface area (Å²) in [7, 11) is 0. The zero-order chi connectivity index (χ0) is 11.5. The normalized spacial score (nSPS) is 12.4. The van der Waals surface area contributed by atoms with Gasteiger partial charge in [0.2, 0.25) is 0 Å². The number of nitrogens with two attached hydrogens (primary N) is 1. The Bertz CT molecular complexity index is 467. The van der Waals surface area contributed by atoms with E-state index in [0.717, 1.165) is 5.82 Å². The summed E-state index contributed by atoms with van der Waals surface area (Å²) < 4.78 is 13.5. The monoisotopic (exact) mass is 220 g/mol. The SMILES string of the molecule is CC(Nc1ccc(N)cc1F)c1ncc[nH]1. The van der Waals surface area contributed by atoms with Crippen LogP contribution in [0.15, 0.2) is 30.6 Å². The van der Waals surface area contributed by atoms with Crippen molar-refractivity contribution in [2.45, 2.75) is 13.0 Å². The van der Waals surface area contributed by atoms with Gasteiger partial charge in [-0.3, -0.25) is 0 Å². The number of nitrogens with zero attached hydrogens (tertiary/aromatic N) is 1. The third kappa shape index (κ3) is 2.13. The molecule has 5 heteroatoms. The van der Waals surface area contributed by atoms with E-state index in [4.69, 9.17) is 5.73 Å². The van der Waals surface area contributed by atoms with Gasteiger partial charge in [0.05, 0.1) is 11.7 Å². The summed E-state index contributed by atoms with van der Waals surface area (Å²) in [5.74, 6) is 0.398. The van der Waals surface area contributed by atoms with Crippen LogP contribution in [0.5, 0.6) is 0 Å².